The van der Waals surface area contributed by atoms with E-state index < -0.39 is 0 Å². The van der Waals surface area contributed by atoms with Crippen molar-refractivity contribution in [3.63, 3.8) is 0 Å². The van der Waals surface area contributed by atoms with E-state index in [4.69, 9.17) is 9.26 Å². The van der Waals surface area contributed by atoms with E-state index in [0.717, 1.165) is 27.6 Å². The summed E-state index contributed by atoms with van der Waals surface area (Å²) in [6, 6.07) is 20.1. The van der Waals surface area contributed by atoms with Crippen LogP contribution in [0.2, 0.25) is 0 Å². The minimum atomic E-state index is 0.513. The topological polar surface area (TPSA) is 73.9 Å². The molecule has 0 fully saturated rings. The molecule has 0 aliphatic carbocycles. The summed E-state index contributed by atoms with van der Waals surface area (Å²) in [6.45, 7) is 6.97. The Bertz CT molecular complexity index is 1110. The van der Waals surface area contributed by atoms with Gasteiger partial charge in [0.05, 0.1) is 18.1 Å². The van der Waals surface area contributed by atoms with Gasteiger partial charge in [-0.1, -0.05) is 55.0 Å². The lowest BCUT2D eigenvalue weighted by Crippen LogP contribution is -1.92. The second-order valence-corrected chi connectivity index (χ2v) is 8.29. The first-order valence-electron chi connectivity index (χ1n) is 10.2. The molecule has 2 aromatic heterocycles. The number of ether oxygens (including phenoxy) is 1. The number of thioether (sulfide) groups is 1. The Kier molecular flexibility index (Phi) is 6.62. The largest absolute Gasteiger partial charge is 0.494 e. The molecule has 2 aromatic carbocycles. The summed E-state index contributed by atoms with van der Waals surface area (Å²) in [5, 5.41) is 13.6. The highest BCUT2D eigenvalue weighted by Gasteiger charge is 2.10. The molecule has 0 bridgehead atoms. The van der Waals surface area contributed by atoms with Crippen molar-refractivity contribution >= 4 is 11.8 Å². The van der Waals surface area contributed by atoms with Crippen LogP contribution in [0.25, 0.3) is 22.6 Å². The van der Waals surface area contributed by atoms with Crippen LogP contribution in [0.5, 0.6) is 5.75 Å². The molecule has 0 atom stereocenters. The van der Waals surface area contributed by atoms with E-state index in [-0.39, 0.29) is 0 Å². The zero-order valence-electron chi connectivity index (χ0n) is 17.8. The van der Waals surface area contributed by atoms with Crippen LogP contribution in [-0.2, 0) is 5.75 Å². The van der Waals surface area contributed by atoms with E-state index in [1.165, 1.54) is 17.3 Å². The minimum absolute atomic E-state index is 0.513. The highest BCUT2D eigenvalue weighted by Crippen LogP contribution is 2.25. The van der Waals surface area contributed by atoms with Crippen LogP contribution in [0.3, 0.4) is 0 Å². The Labute approximate surface area is 186 Å². The molecule has 4 aromatic rings. The Morgan fingerprint density at radius 1 is 0.903 bits per heavy atom. The molecule has 158 valence electrons. The fourth-order valence-electron chi connectivity index (χ4n) is 3.02. The lowest BCUT2D eigenvalue weighted by Gasteiger charge is -2.06. The SMILES string of the molecule is CCOc1ccc(-c2noc(CSc3ccc(-c4ccc(C(C)C)cc4)nn3)n2)cc1. The predicted molar refractivity (Wildman–Crippen MR) is 122 cm³/mol. The lowest BCUT2D eigenvalue weighted by molar-refractivity contribution is 0.340. The van der Waals surface area contributed by atoms with Crippen molar-refractivity contribution in [1.29, 1.82) is 0 Å². The van der Waals surface area contributed by atoms with Gasteiger partial charge >= 0.3 is 0 Å². The van der Waals surface area contributed by atoms with Crippen molar-refractivity contribution < 1.29 is 9.26 Å². The number of aromatic nitrogens is 4. The average Bonchev–Trinajstić information content (AvgIpc) is 3.28. The highest BCUT2D eigenvalue weighted by molar-refractivity contribution is 7.98. The quantitative estimate of drug-likeness (QED) is 0.316. The van der Waals surface area contributed by atoms with E-state index >= 15 is 0 Å². The minimum Gasteiger partial charge on any atom is -0.494 e. The summed E-state index contributed by atoms with van der Waals surface area (Å²) in [7, 11) is 0. The molecule has 0 aliphatic heterocycles. The highest BCUT2D eigenvalue weighted by atomic mass is 32.2. The summed E-state index contributed by atoms with van der Waals surface area (Å²) in [5.74, 6) is 2.97. The van der Waals surface area contributed by atoms with Crippen molar-refractivity contribution in [2.24, 2.45) is 0 Å². The van der Waals surface area contributed by atoms with Gasteiger partial charge in [0.15, 0.2) is 0 Å². The van der Waals surface area contributed by atoms with Gasteiger partial charge in [-0.15, -0.1) is 10.2 Å². The van der Waals surface area contributed by atoms with Gasteiger partial charge in [-0.05, 0) is 54.8 Å². The van der Waals surface area contributed by atoms with Gasteiger partial charge in [0, 0.05) is 11.1 Å². The Hall–Kier alpha value is -3.19. The first-order valence-corrected chi connectivity index (χ1v) is 11.2. The zero-order chi connectivity index (χ0) is 21.6. The van der Waals surface area contributed by atoms with Gasteiger partial charge in [0.25, 0.3) is 0 Å². The van der Waals surface area contributed by atoms with E-state index in [2.05, 4.69) is 58.5 Å². The van der Waals surface area contributed by atoms with Crippen molar-refractivity contribution in [3.05, 3.63) is 72.1 Å². The molecular formula is C24H24N4O2S. The number of hydrogen-bond donors (Lipinski definition) is 0. The van der Waals surface area contributed by atoms with Gasteiger partial charge in [-0.3, -0.25) is 0 Å². The molecule has 0 N–H and O–H groups in total. The molecule has 31 heavy (non-hydrogen) atoms. The third-order valence-electron chi connectivity index (χ3n) is 4.75. The van der Waals surface area contributed by atoms with E-state index in [1.807, 2.05) is 43.3 Å². The second-order valence-electron chi connectivity index (χ2n) is 7.29. The first-order chi connectivity index (χ1) is 15.1. The normalized spacial score (nSPS) is 11.1. The molecule has 0 unspecified atom stereocenters. The maximum atomic E-state index is 5.46. The third-order valence-corrected chi connectivity index (χ3v) is 5.65. The van der Waals surface area contributed by atoms with Gasteiger partial charge in [0.1, 0.15) is 10.8 Å². The van der Waals surface area contributed by atoms with Gasteiger partial charge in [0.2, 0.25) is 11.7 Å². The number of hydrogen-bond acceptors (Lipinski definition) is 7. The Morgan fingerprint density at radius 2 is 1.65 bits per heavy atom. The smallest absolute Gasteiger partial charge is 0.237 e. The lowest BCUT2D eigenvalue weighted by atomic mass is 10.0. The van der Waals surface area contributed by atoms with Crippen molar-refractivity contribution in [2.45, 2.75) is 37.5 Å². The second kappa shape index (κ2) is 9.75. The molecule has 0 aliphatic rings. The number of benzene rings is 2. The van der Waals surface area contributed by atoms with Crippen LogP contribution in [-0.4, -0.2) is 26.9 Å². The van der Waals surface area contributed by atoms with Crippen LogP contribution in [0.4, 0.5) is 0 Å². The van der Waals surface area contributed by atoms with Crippen molar-refractivity contribution in [3.8, 4) is 28.4 Å². The molecule has 0 spiro atoms. The van der Waals surface area contributed by atoms with Crippen LogP contribution in [0.15, 0.2) is 70.2 Å². The molecule has 7 heteroatoms. The maximum absolute atomic E-state index is 5.46. The van der Waals surface area contributed by atoms with Gasteiger partial charge in [-0.2, -0.15) is 4.98 Å². The molecule has 4 rings (SSSR count). The van der Waals surface area contributed by atoms with E-state index in [9.17, 15) is 0 Å². The molecule has 0 saturated heterocycles. The van der Waals surface area contributed by atoms with Crippen LogP contribution in [0, 0.1) is 0 Å². The zero-order valence-corrected chi connectivity index (χ0v) is 18.6. The summed E-state index contributed by atoms with van der Waals surface area (Å²) in [4.78, 5) is 4.47. The summed E-state index contributed by atoms with van der Waals surface area (Å²) in [5.41, 5.74) is 4.12. The third kappa shape index (κ3) is 5.30. The fraction of sp³-hybridized carbons (Fsp3) is 0.250. The summed E-state index contributed by atoms with van der Waals surface area (Å²) >= 11 is 1.51. The van der Waals surface area contributed by atoms with Crippen LogP contribution in [0.1, 0.15) is 38.1 Å². The standard InChI is InChI=1S/C24H24N4O2S/c1-4-29-20-11-9-19(10-12-20)24-25-22(30-28-24)15-31-23-14-13-21(26-27-23)18-7-5-17(6-8-18)16(2)3/h5-14,16H,4,15H2,1-3H3. The molecule has 2 heterocycles. The number of rotatable bonds is 8. The molecule has 6 nitrogen and oxygen atoms in total. The molecule has 0 radical (unpaired) electrons. The summed E-state index contributed by atoms with van der Waals surface area (Å²) < 4.78 is 10.8. The van der Waals surface area contributed by atoms with Crippen molar-refractivity contribution in [2.75, 3.05) is 6.61 Å². The molecular weight excluding hydrogens is 408 g/mol. The van der Waals surface area contributed by atoms with Crippen molar-refractivity contribution in [1.82, 2.24) is 20.3 Å². The van der Waals surface area contributed by atoms with E-state index in [0.29, 0.717) is 30.0 Å². The average molecular weight is 433 g/mol. The molecule has 0 saturated carbocycles. The monoisotopic (exact) mass is 432 g/mol. The first kappa shape index (κ1) is 21.1. The fourth-order valence-corrected chi connectivity index (χ4v) is 3.67. The van der Waals surface area contributed by atoms with Crippen LogP contribution < -0.4 is 4.74 Å². The van der Waals surface area contributed by atoms with E-state index in [1.54, 1.807) is 0 Å². The predicted octanol–water partition coefficient (Wildman–Crippen LogP) is 6.01. The Morgan fingerprint density at radius 3 is 2.29 bits per heavy atom. The molecule has 0 amide bonds. The van der Waals surface area contributed by atoms with Gasteiger partial charge in [-0.25, -0.2) is 0 Å². The van der Waals surface area contributed by atoms with Gasteiger partial charge < -0.3 is 9.26 Å². The maximum Gasteiger partial charge on any atom is 0.237 e. The Balaban J connectivity index is 1.36. The summed E-state index contributed by atoms with van der Waals surface area (Å²) in [6.07, 6.45) is 0. The number of nitrogens with zero attached hydrogens (tertiary/aromatic N) is 4. The van der Waals surface area contributed by atoms with Crippen LogP contribution >= 0.6 is 11.8 Å².